The van der Waals surface area contributed by atoms with E-state index >= 15 is 0 Å². The van der Waals surface area contributed by atoms with Crippen LogP contribution in [0, 0.1) is 0 Å². The van der Waals surface area contributed by atoms with E-state index in [1.807, 2.05) is 44.7 Å². The smallest absolute Gasteiger partial charge is 0.412 e. The molecule has 1 aliphatic rings. The van der Waals surface area contributed by atoms with Crippen LogP contribution in [-0.4, -0.2) is 72.8 Å². The van der Waals surface area contributed by atoms with Gasteiger partial charge < -0.3 is 14.4 Å². The number of hydrogen-bond acceptors (Lipinski definition) is 5. The summed E-state index contributed by atoms with van der Waals surface area (Å²) in [5.74, 6) is 0.0104. The number of amides is 2. The monoisotopic (exact) mass is 529 g/mol. The van der Waals surface area contributed by atoms with Gasteiger partial charge in [-0.15, -0.1) is 0 Å². The highest BCUT2D eigenvalue weighted by molar-refractivity contribution is 6.30. The average molecular weight is 530 g/mol. The molecule has 1 aliphatic heterocycles. The van der Waals surface area contributed by atoms with Crippen LogP contribution >= 0.6 is 11.6 Å². The Morgan fingerprint density at radius 3 is 2.27 bits per heavy atom. The van der Waals surface area contributed by atoms with Gasteiger partial charge in [-0.2, -0.15) is 0 Å². The highest BCUT2D eigenvalue weighted by Crippen LogP contribution is 2.19. The van der Waals surface area contributed by atoms with Crippen molar-refractivity contribution in [2.24, 2.45) is 0 Å². The summed E-state index contributed by atoms with van der Waals surface area (Å²) in [5, 5.41) is 3.51. The molecule has 0 atom stereocenters. The van der Waals surface area contributed by atoms with Crippen molar-refractivity contribution in [2.75, 3.05) is 44.6 Å². The summed E-state index contributed by atoms with van der Waals surface area (Å²) in [7, 11) is 0. The maximum atomic E-state index is 13.0. The fourth-order valence-electron chi connectivity index (χ4n) is 4.25. The van der Waals surface area contributed by atoms with Crippen molar-refractivity contribution in [2.45, 2.75) is 58.7 Å². The molecule has 3 rings (SSSR count). The molecule has 1 fully saturated rings. The van der Waals surface area contributed by atoms with Gasteiger partial charge in [0.2, 0.25) is 0 Å². The molecule has 0 unspecified atom stereocenters. The molecule has 2 amide bonds. The number of carbonyl (C=O) groups is 2. The number of nitrogens with one attached hydrogen (secondary N) is 1. The maximum Gasteiger partial charge on any atom is 0.412 e. The first-order valence-corrected chi connectivity index (χ1v) is 13.5. The van der Waals surface area contributed by atoms with Crippen LogP contribution in [0.5, 0.6) is 0 Å². The highest BCUT2D eigenvalue weighted by Gasteiger charge is 2.24. The molecule has 1 N–H and O–H groups in total. The van der Waals surface area contributed by atoms with Crippen LogP contribution in [0.15, 0.2) is 48.5 Å². The maximum absolute atomic E-state index is 13.0. The molecule has 1 saturated heterocycles. The lowest BCUT2D eigenvalue weighted by atomic mass is 10.0. The van der Waals surface area contributed by atoms with Gasteiger partial charge >= 0.3 is 6.09 Å². The third-order valence-corrected chi connectivity index (χ3v) is 6.66. The molecule has 7 nitrogen and oxygen atoms in total. The van der Waals surface area contributed by atoms with Gasteiger partial charge in [0.05, 0.1) is 6.10 Å². The van der Waals surface area contributed by atoms with Crippen LogP contribution in [-0.2, 0) is 15.9 Å². The van der Waals surface area contributed by atoms with E-state index in [0.29, 0.717) is 37.4 Å². The van der Waals surface area contributed by atoms with Crippen LogP contribution in [0.25, 0.3) is 0 Å². The lowest BCUT2D eigenvalue weighted by molar-refractivity contribution is 0.0234. The molecule has 0 aliphatic carbocycles. The number of piperazine rings is 1. The molecule has 0 saturated carbocycles. The lowest BCUT2D eigenvalue weighted by Crippen LogP contribution is -2.49. The van der Waals surface area contributed by atoms with E-state index in [9.17, 15) is 9.59 Å². The predicted octanol–water partition coefficient (Wildman–Crippen LogP) is 5.87. The van der Waals surface area contributed by atoms with E-state index in [2.05, 4.69) is 22.3 Å². The number of rotatable bonds is 11. The van der Waals surface area contributed by atoms with Gasteiger partial charge in [-0.3, -0.25) is 15.0 Å². The molecule has 2 aromatic rings. The Hall–Kier alpha value is -2.61. The second-order valence-corrected chi connectivity index (χ2v) is 10.8. The summed E-state index contributed by atoms with van der Waals surface area (Å²) in [6.45, 7) is 12.5. The Labute approximate surface area is 226 Å². The number of anilines is 1. The molecule has 1 heterocycles. The summed E-state index contributed by atoms with van der Waals surface area (Å²) in [6.07, 6.45) is 2.16. The van der Waals surface area contributed by atoms with Crippen molar-refractivity contribution in [3.63, 3.8) is 0 Å². The zero-order chi connectivity index (χ0) is 26.8. The van der Waals surface area contributed by atoms with E-state index in [1.165, 1.54) is 5.56 Å². The van der Waals surface area contributed by atoms with Crippen molar-refractivity contribution >= 4 is 29.3 Å². The van der Waals surface area contributed by atoms with Gasteiger partial charge in [0.15, 0.2) is 0 Å². The van der Waals surface area contributed by atoms with E-state index in [4.69, 9.17) is 21.1 Å². The van der Waals surface area contributed by atoms with E-state index < -0.39 is 11.7 Å². The Kier molecular flexibility index (Phi) is 10.8. The van der Waals surface area contributed by atoms with Crippen molar-refractivity contribution in [3.05, 3.63) is 64.7 Å². The van der Waals surface area contributed by atoms with Crippen molar-refractivity contribution in [1.82, 2.24) is 9.80 Å². The average Bonchev–Trinajstić information content (AvgIpc) is 2.86. The summed E-state index contributed by atoms with van der Waals surface area (Å²) >= 11 is 5.96. The second kappa shape index (κ2) is 13.8. The van der Waals surface area contributed by atoms with Gasteiger partial charge in [-0.25, -0.2) is 4.79 Å². The molecular weight excluding hydrogens is 490 g/mol. The number of hydrogen-bond donors (Lipinski definition) is 1. The van der Waals surface area contributed by atoms with Crippen LogP contribution < -0.4 is 5.32 Å². The first-order chi connectivity index (χ1) is 17.6. The molecule has 202 valence electrons. The minimum atomic E-state index is -0.600. The fraction of sp³-hybridized carbons (Fsp3) is 0.517. The number of benzene rings is 2. The molecule has 2 aromatic carbocycles. The van der Waals surface area contributed by atoms with Gasteiger partial charge in [-0.1, -0.05) is 23.7 Å². The fourth-order valence-corrected chi connectivity index (χ4v) is 4.38. The number of nitrogens with zero attached hydrogens (tertiary/aromatic N) is 2. The van der Waals surface area contributed by atoms with E-state index in [-0.39, 0.29) is 12.0 Å². The summed E-state index contributed by atoms with van der Waals surface area (Å²) < 4.78 is 11.1. The molecule has 0 bridgehead atoms. The molecule has 0 spiro atoms. The normalized spacial score (nSPS) is 14.6. The SMILES string of the molecule is CC(C)OCCCC(C)(C)OC(=O)Nc1ccc(C(=O)N2CCN(CCc3ccc(Cl)cc3)CC2)cc1. The number of carbonyl (C=O) groups excluding carboxylic acids is 2. The Balaban J connectivity index is 1.40. The minimum Gasteiger partial charge on any atom is -0.443 e. The molecular formula is C29H40ClN3O4. The summed E-state index contributed by atoms with van der Waals surface area (Å²) in [4.78, 5) is 29.6. The molecule has 0 aromatic heterocycles. The van der Waals surface area contributed by atoms with Crippen molar-refractivity contribution in [3.8, 4) is 0 Å². The van der Waals surface area contributed by atoms with Crippen LogP contribution in [0.3, 0.4) is 0 Å². The van der Waals surface area contributed by atoms with E-state index in [0.717, 1.165) is 37.5 Å². The van der Waals surface area contributed by atoms with Crippen LogP contribution in [0.4, 0.5) is 10.5 Å². The summed E-state index contributed by atoms with van der Waals surface area (Å²) in [6, 6.07) is 14.9. The van der Waals surface area contributed by atoms with Crippen molar-refractivity contribution < 1.29 is 19.1 Å². The van der Waals surface area contributed by atoms with Gasteiger partial charge in [-0.05, 0) is 88.9 Å². The summed E-state index contributed by atoms with van der Waals surface area (Å²) in [5.41, 5.74) is 1.86. The Morgan fingerprint density at radius 2 is 1.65 bits per heavy atom. The predicted molar refractivity (Wildman–Crippen MR) is 148 cm³/mol. The number of halogens is 1. The minimum absolute atomic E-state index is 0.0104. The Bertz CT molecular complexity index is 1000. The van der Waals surface area contributed by atoms with Crippen molar-refractivity contribution in [1.29, 1.82) is 0 Å². The van der Waals surface area contributed by atoms with Crippen LogP contribution in [0.2, 0.25) is 5.02 Å². The molecule has 8 heteroatoms. The topological polar surface area (TPSA) is 71.1 Å². The first kappa shape index (κ1) is 29.0. The van der Waals surface area contributed by atoms with E-state index in [1.54, 1.807) is 24.3 Å². The zero-order valence-corrected chi connectivity index (χ0v) is 23.2. The molecule has 0 radical (unpaired) electrons. The highest BCUT2D eigenvalue weighted by atomic mass is 35.5. The Morgan fingerprint density at radius 1 is 1.00 bits per heavy atom. The second-order valence-electron chi connectivity index (χ2n) is 10.4. The van der Waals surface area contributed by atoms with Crippen LogP contribution in [0.1, 0.15) is 56.5 Å². The largest absolute Gasteiger partial charge is 0.443 e. The third-order valence-electron chi connectivity index (χ3n) is 6.41. The molecule has 37 heavy (non-hydrogen) atoms. The lowest BCUT2D eigenvalue weighted by Gasteiger charge is -2.34. The van der Waals surface area contributed by atoms with Gasteiger partial charge in [0, 0.05) is 55.6 Å². The van der Waals surface area contributed by atoms with Gasteiger partial charge in [0.25, 0.3) is 5.91 Å². The standard InChI is InChI=1S/C29H40ClN3O4/c1-22(2)36-21-5-15-29(3,4)37-28(35)31-26-12-8-24(9-13-26)27(34)33-19-17-32(18-20-33)16-14-23-6-10-25(30)11-7-23/h6-13,22H,5,14-21H2,1-4H3,(H,31,35). The third kappa shape index (κ3) is 9.99. The zero-order valence-electron chi connectivity index (χ0n) is 22.5. The van der Waals surface area contributed by atoms with Gasteiger partial charge in [0.1, 0.15) is 5.60 Å². The quantitative estimate of drug-likeness (QED) is 0.368. The number of ether oxygens (including phenoxy) is 2. The first-order valence-electron chi connectivity index (χ1n) is 13.1.